The number of methoxy groups -OCH3 is 1. The van der Waals surface area contributed by atoms with Crippen molar-refractivity contribution in [2.24, 2.45) is 5.92 Å². The SMILES string of the molecule is COC(=O)c1ccc(CNC2CCOC2C2CC2)cc1F. The Balaban J connectivity index is 1.60. The molecule has 0 bridgehead atoms. The van der Waals surface area contributed by atoms with E-state index in [-0.39, 0.29) is 5.56 Å². The summed E-state index contributed by atoms with van der Waals surface area (Å²) in [4.78, 5) is 11.3. The monoisotopic (exact) mass is 293 g/mol. The van der Waals surface area contributed by atoms with Gasteiger partial charge in [-0.05, 0) is 42.9 Å². The molecule has 2 fully saturated rings. The molecule has 0 aromatic heterocycles. The maximum absolute atomic E-state index is 13.8. The van der Waals surface area contributed by atoms with E-state index in [4.69, 9.17) is 4.74 Å². The molecule has 1 saturated heterocycles. The Morgan fingerprint density at radius 1 is 1.43 bits per heavy atom. The first-order valence-electron chi connectivity index (χ1n) is 7.41. The number of esters is 1. The predicted molar refractivity (Wildman–Crippen MR) is 75.4 cm³/mol. The highest BCUT2D eigenvalue weighted by atomic mass is 19.1. The molecular weight excluding hydrogens is 273 g/mol. The molecule has 1 aromatic carbocycles. The van der Waals surface area contributed by atoms with Crippen LogP contribution in [0.2, 0.25) is 0 Å². The molecule has 1 saturated carbocycles. The van der Waals surface area contributed by atoms with Crippen LogP contribution in [0.25, 0.3) is 0 Å². The van der Waals surface area contributed by atoms with E-state index in [0.717, 1.165) is 18.6 Å². The molecule has 2 atom stereocenters. The first-order valence-corrected chi connectivity index (χ1v) is 7.41. The van der Waals surface area contributed by atoms with Crippen LogP contribution in [0.1, 0.15) is 35.2 Å². The smallest absolute Gasteiger partial charge is 0.340 e. The number of carbonyl (C=O) groups excluding carboxylic acids is 1. The predicted octanol–water partition coefficient (Wildman–Crippen LogP) is 2.27. The second-order valence-corrected chi connectivity index (χ2v) is 5.75. The average molecular weight is 293 g/mol. The fourth-order valence-electron chi connectivity index (χ4n) is 2.91. The zero-order valence-corrected chi connectivity index (χ0v) is 12.1. The van der Waals surface area contributed by atoms with Crippen LogP contribution < -0.4 is 5.32 Å². The first kappa shape index (κ1) is 14.5. The van der Waals surface area contributed by atoms with Gasteiger partial charge in [0.15, 0.2) is 0 Å². The first-order chi connectivity index (χ1) is 10.2. The van der Waals surface area contributed by atoms with Crippen molar-refractivity contribution in [1.82, 2.24) is 5.32 Å². The molecule has 4 nitrogen and oxygen atoms in total. The number of benzene rings is 1. The van der Waals surface area contributed by atoms with E-state index >= 15 is 0 Å². The molecule has 1 aliphatic carbocycles. The van der Waals surface area contributed by atoms with Gasteiger partial charge < -0.3 is 14.8 Å². The Morgan fingerprint density at radius 3 is 2.90 bits per heavy atom. The fraction of sp³-hybridized carbons (Fsp3) is 0.562. The van der Waals surface area contributed by atoms with E-state index < -0.39 is 11.8 Å². The minimum Gasteiger partial charge on any atom is -0.465 e. The third-order valence-corrected chi connectivity index (χ3v) is 4.23. The van der Waals surface area contributed by atoms with Gasteiger partial charge in [0.25, 0.3) is 0 Å². The molecule has 3 rings (SSSR count). The van der Waals surface area contributed by atoms with Gasteiger partial charge in [-0.15, -0.1) is 0 Å². The number of halogens is 1. The molecule has 1 aliphatic heterocycles. The highest BCUT2D eigenvalue weighted by Gasteiger charge is 2.40. The Kier molecular flexibility index (Phi) is 4.22. The van der Waals surface area contributed by atoms with Crippen molar-refractivity contribution in [3.8, 4) is 0 Å². The number of nitrogens with one attached hydrogen (secondary N) is 1. The molecule has 0 radical (unpaired) electrons. The van der Waals surface area contributed by atoms with Crippen molar-refractivity contribution in [1.29, 1.82) is 0 Å². The minimum absolute atomic E-state index is 0.0266. The number of rotatable bonds is 5. The lowest BCUT2D eigenvalue weighted by Gasteiger charge is -2.19. The van der Waals surface area contributed by atoms with Gasteiger partial charge in [-0.25, -0.2) is 9.18 Å². The van der Waals surface area contributed by atoms with E-state index in [1.165, 1.54) is 32.1 Å². The highest BCUT2D eigenvalue weighted by molar-refractivity contribution is 5.89. The van der Waals surface area contributed by atoms with Crippen LogP contribution in [0.4, 0.5) is 4.39 Å². The molecule has 1 N–H and O–H groups in total. The van der Waals surface area contributed by atoms with E-state index in [0.29, 0.717) is 24.6 Å². The van der Waals surface area contributed by atoms with Gasteiger partial charge in [0, 0.05) is 19.2 Å². The zero-order valence-electron chi connectivity index (χ0n) is 12.1. The summed E-state index contributed by atoms with van der Waals surface area (Å²) in [7, 11) is 1.25. The summed E-state index contributed by atoms with van der Waals surface area (Å²) < 4.78 is 24.2. The minimum atomic E-state index is -0.648. The van der Waals surface area contributed by atoms with Crippen LogP contribution in [-0.2, 0) is 16.0 Å². The van der Waals surface area contributed by atoms with Gasteiger partial charge in [0.1, 0.15) is 5.82 Å². The summed E-state index contributed by atoms with van der Waals surface area (Å²) in [6, 6.07) is 4.97. The maximum Gasteiger partial charge on any atom is 0.340 e. The van der Waals surface area contributed by atoms with Crippen LogP contribution in [0.5, 0.6) is 0 Å². The summed E-state index contributed by atoms with van der Waals surface area (Å²) >= 11 is 0. The van der Waals surface area contributed by atoms with E-state index in [9.17, 15) is 9.18 Å². The van der Waals surface area contributed by atoms with Crippen molar-refractivity contribution in [2.45, 2.75) is 38.0 Å². The lowest BCUT2D eigenvalue weighted by Crippen LogP contribution is -2.37. The van der Waals surface area contributed by atoms with Crippen molar-refractivity contribution >= 4 is 5.97 Å². The number of hydrogen-bond acceptors (Lipinski definition) is 4. The molecular formula is C16H20FNO3. The molecule has 0 spiro atoms. The third kappa shape index (κ3) is 3.24. The largest absolute Gasteiger partial charge is 0.465 e. The Labute approximate surface area is 123 Å². The van der Waals surface area contributed by atoms with Gasteiger partial charge in [-0.2, -0.15) is 0 Å². The van der Waals surface area contributed by atoms with E-state index in [2.05, 4.69) is 10.1 Å². The number of carbonyl (C=O) groups is 1. The molecule has 114 valence electrons. The second kappa shape index (κ2) is 6.12. The van der Waals surface area contributed by atoms with Crippen molar-refractivity contribution in [2.75, 3.05) is 13.7 Å². The maximum atomic E-state index is 13.8. The molecule has 1 heterocycles. The Morgan fingerprint density at radius 2 is 2.24 bits per heavy atom. The highest BCUT2D eigenvalue weighted by Crippen LogP contribution is 2.38. The average Bonchev–Trinajstić information content (AvgIpc) is 3.23. The topological polar surface area (TPSA) is 47.6 Å². The summed E-state index contributed by atoms with van der Waals surface area (Å²) in [6.45, 7) is 1.38. The zero-order chi connectivity index (χ0) is 14.8. The summed E-state index contributed by atoms with van der Waals surface area (Å²) in [5.74, 6) is -0.490. The molecule has 5 heteroatoms. The number of hydrogen-bond donors (Lipinski definition) is 1. The second-order valence-electron chi connectivity index (χ2n) is 5.75. The van der Waals surface area contributed by atoms with Crippen LogP contribution in [0, 0.1) is 11.7 Å². The van der Waals surface area contributed by atoms with Crippen molar-refractivity contribution < 1.29 is 18.7 Å². The van der Waals surface area contributed by atoms with Gasteiger partial charge >= 0.3 is 5.97 Å². The summed E-state index contributed by atoms with van der Waals surface area (Å²) in [5.41, 5.74) is 0.794. The quantitative estimate of drug-likeness (QED) is 0.846. The van der Waals surface area contributed by atoms with Crippen molar-refractivity contribution in [3.05, 3.63) is 35.1 Å². The standard InChI is InChI=1S/C16H20FNO3/c1-20-16(19)12-5-2-10(8-13(12)17)9-18-14-6-7-21-15(14)11-3-4-11/h2,5,8,11,14-15,18H,3-4,6-7,9H2,1H3. The van der Waals surface area contributed by atoms with Crippen molar-refractivity contribution in [3.63, 3.8) is 0 Å². The normalized spacial score (nSPS) is 25.0. The lowest BCUT2D eigenvalue weighted by atomic mass is 10.1. The van der Waals surface area contributed by atoms with Crippen LogP contribution in [0.3, 0.4) is 0 Å². The summed E-state index contributed by atoms with van der Waals surface area (Å²) in [6.07, 6.45) is 3.82. The fourth-order valence-corrected chi connectivity index (χ4v) is 2.91. The van der Waals surface area contributed by atoms with E-state index in [1.807, 2.05) is 0 Å². The molecule has 1 aromatic rings. The third-order valence-electron chi connectivity index (χ3n) is 4.23. The van der Waals surface area contributed by atoms with Crippen LogP contribution in [-0.4, -0.2) is 31.8 Å². The van der Waals surface area contributed by atoms with Gasteiger partial charge in [0.05, 0.1) is 18.8 Å². The Bertz CT molecular complexity index is 530. The van der Waals surface area contributed by atoms with Crippen LogP contribution in [0.15, 0.2) is 18.2 Å². The lowest BCUT2D eigenvalue weighted by molar-refractivity contribution is 0.0595. The van der Waals surface area contributed by atoms with Gasteiger partial charge in [-0.1, -0.05) is 6.07 Å². The summed E-state index contributed by atoms with van der Waals surface area (Å²) in [5, 5.41) is 3.45. The van der Waals surface area contributed by atoms with Gasteiger partial charge in [0.2, 0.25) is 0 Å². The van der Waals surface area contributed by atoms with Gasteiger partial charge in [-0.3, -0.25) is 0 Å². The molecule has 21 heavy (non-hydrogen) atoms. The van der Waals surface area contributed by atoms with Crippen LogP contribution >= 0.6 is 0 Å². The number of ether oxygens (including phenoxy) is 2. The van der Waals surface area contributed by atoms with E-state index in [1.54, 1.807) is 6.07 Å². The molecule has 2 aliphatic rings. The molecule has 2 unspecified atom stereocenters. The molecule has 0 amide bonds. The Hall–Kier alpha value is -1.46.